The largest absolute Gasteiger partial charge is 0.274 e. The second-order valence-corrected chi connectivity index (χ2v) is 7.75. The number of sulfonamides is 1. The van der Waals surface area contributed by atoms with Gasteiger partial charge in [0.25, 0.3) is 10.0 Å². The minimum Gasteiger partial charge on any atom is -0.274 e. The molecule has 1 aromatic rings. The summed E-state index contributed by atoms with van der Waals surface area (Å²) >= 11 is 3.23. The van der Waals surface area contributed by atoms with Crippen LogP contribution in [0.3, 0.4) is 0 Å². The first-order valence-electron chi connectivity index (χ1n) is 6.14. The maximum Gasteiger partial charge on any atom is 0.267 e. The number of nitrogens with zero attached hydrogens (tertiary/aromatic N) is 1. The summed E-state index contributed by atoms with van der Waals surface area (Å²) in [5.41, 5.74) is 0. The van der Waals surface area contributed by atoms with Crippen LogP contribution in [0, 0.1) is 11.8 Å². The summed E-state index contributed by atoms with van der Waals surface area (Å²) in [6.45, 7) is 4.29. The van der Waals surface area contributed by atoms with E-state index in [1.54, 1.807) is 18.2 Å². The second-order valence-electron chi connectivity index (χ2n) is 5.07. The molecule has 1 saturated heterocycles. The Hall–Kier alpha value is -0.880. The Morgan fingerprint density at radius 3 is 2.47 bits per heavy atom. The highest BCUT2D eigenvalue weighted by Crippen LogP contribution is 2.32. The molecule has 1 atom stereocenters. The molecule has 1 amide bonds. The van der Waals surface area contributed by atoms with Crippen LogP contribution in [0.15, 0.2) is 33.6 Å². The topological polar surface area (TPSA) is 54.5 Å². The van der Waals surface area contributed by atoms with Crippen molar-refractivity contribution in [2.24, 2.45) is 11.8 Å². The summed E-state index contributed by atoms with van der Waals surface area (Å²) < 4.78 is 26.5. The van der Waals surface area contributed by atoms with Gasteiger partial charge in [0.05, 0.1) is 0 Å². The Kier molecular flexibility index (Phi) is 4.01. The predicted molar refractivity (Wildman–Crippen MR) is 76.0 cm³/mol. The average molecular weight is 346 g/mol. The van der Waals surface area contributed by atoms with Crippen LogP contribution in [-0.4, -0.2) is 25.2 Å². The molecule has 6 heteroatoms. The highest BCUT2D eigenvalue weighted by atomic mass is 79.9. The van der Waals surface area contributed by atoms with Crippen molar-refractivity contribution in [1.82, 2.24) is 4.31 Å². The van der Waals surface area contributed by atoms with Gasteiger partial charge < -0.3 is 0 Å². The quantitative estimate of drug-likeness (QED) is 0.846. The number of amides is 1. The van der Waals surface area contributed by atoms with E-state index in [9.17, 15) is 13.2 Å². The molecule has 4 nitrogen and oxygen atoms in total. The first kappa shape index (κ1) is 14.5. The Morgan fingerprint density at radius 1 is 1.32 bits per heavy atom. The number of rotatable bonds is 3. The third-order valence-electron chi connectivity index (χ3n) is 3.46. The molecule has 1 heterocycles. The summed E-state index contributed by atoms with van der Waals surface area (Å²) in [4.78, 5) is 12.1. The van der Waals surface area contributed by atoms with Gasteiger partial charge in [-0.3, -0.25) is 4.79 Å². The second kappa shape index (κ2) is 5.25. The lowest BCUT2D eigenvalue weighted by Gasteiger charge is -2.19. The number of carbonyl (C=O) groups excluding carboxylic acids is 1. The minimum atomic E-state index is -3.75. The molecule has 0 spiro atoms. The molecule has 1 unspecified atom stereocenters. The third kappa shape index (κ3) is 2.69. The van der Waals surface area contributed by atoms with Gasteiger partial charge in [-0.15, -0.1) is 0 Å². The lowest BCUT2D eigenvalue weighted by Crippen LogP contribution is -2.33. The maximum atomic E-state index is 12.5. The fourth-order valence-electron chi connectivity index (χ4n) is 2.16. The molecule has 1 aliphatic heterocycles. The van der Waals surface area contributed by atoms with E-state index in [-0.39, 0.29) is 23.3 Å². The smallest absolute Gasteiger partial charge is 0.267 e. The monoisotopic (exact) mass is 345 g/mol. The van der Waals surface area contributed by atoms with Crippen LogP contribution >= 0.6 is 15.9 Å². The van der Waals surface area contributed by atoms with Gasteiger partial charge in [-0.25, -0.2) is 12.7 Å². The van der Waals surface area contributed by atoms with Gasteiger partial charge in [0.15, 0.2) is 0 Å². The molecule has 19 heavy (non-hydrogen) atoms. The van der Waals surface area contributed by atoms with Gasteiger partial charge in [-0.1, -0.05) is 26.0 Å². The van der Waals surface area contributed by atoms with Crippen molar-refractivity contribution in [2.45, 2.75) is 25.2 Å². The van der Waals surface area contributed by atoms with E-state index < -0.39 is 10.0 Å². The summed E-state index contributed by atoms with van der Waals surface area (Å²) in [5, 5.41) is 0. The molecule has 0 N–H and O–H groups in total. The summed E-state index contributed by atoms with van der Waals surface area (Å²) in [5.74, 6) is 0.0857. The fraction of sp³-hybridized carbons (Fsp3) is 0.462. The zero-order valence-electron chi connectivity index (χ0n) is 10.8. The molecule has 1 fully saturated rings. The zero-order valence-corrected chi connectivity index (χ0v) is 13.2. The number of halogens is 1. The highest BCUT2D eigenvalue weighted by molar-refractivity contribution is 9.10. The number of carbonyl (C=O) groups is 1. The molecule has 0 radical (unpaired) electrons. The van der Waals surface area contributed by atoms with Gasteiger partial charge in [-0.2, -0.15) is 0 Å². The minimum absolute atomic E-state index is 0.102. The van der Waals surface area contributed by atoms with Crippen molar-refractivity contribution in [3.63, 3.8) is 0 Å². The van der Waals surface area contributed by atoms with Crippen LogP contribution in [0.25, 0.3) is 0 Å². The van der Waals surface area contributed by atoms with E-state index in [1.165, 1.54) is 6.07 Å². The molecular formula is C13H16BrNO3S. The molecule has 0 bridgehead atoms. The van der Waals surface area contributed by atoms with E-state index >= 15 is 0 Å². The molecule has 0 aliphatic carbocycles. The SMILES string of the molecule is CC(C)C1CC(=O)N(S(=O)(=O)c2ccccc2Br)C1. The van der Waals surface area contributed by atoms with Crippen LogP contribution in [0.5, 0.6) is 0 Å². The first-order chi connectivity index (χ1) is 8.84. The average Bonchev–Trinajstić information content (AvgIpc) is 2.72. The highest BCUT2D eigenvalue weighted by Gasteiger charge is 2.39. The van der Waals surface area contributed by atoms with E-state index in [1.807, 2.05) is 13.8 Å². The maximum absolute atomic E-state index is 12.5. The van der Waals surface area contributed by atoms with Gasteiger partial charge in [0.1, 0.15) is 4.90 Å². The van der Waals surface area contributed by atoms with Crippen molar-refractivity contribution < 1.29 is 13.2 Å². The van der Waals surface area contributed by atoms with Crippen molar-refractivity contribution in [1.29, 1.82) is 0 Å². The number of hydrogen-bond donors (Lipinski definition) is 0. The molecule has 0 aromatic heterocycles. The van der Waals surface area contributed by atoms with Crippen LogP contribution in [0.4, 0.5) is 0 Å². The normalized spacial score (nSPS) is 20.3. The first-order valence-corrected chi connectivity index (χ1v) is 8.37. The molecular weight excluding hydrogens is 330 g/mol. The summed E-state index contributed by atoms with van der Waals surface area (Å²) in [6, 6.07) is 6.56. The van der Waals surface area contributed by atoms with Crippen LogP contribution in [-0.2, 0) is 14.8 Å². The predicted octanol–water partition coefficient (Wildman–Crippen LogP) is 2.64. The van der Waals surface area contributed by atoms with Crippen molar-refractivity contribution in [2.75, 3.05) is 6.54 Å². The Bertz CT molecular complexity index is 598. The Labute approximate surface area is 122 Å². The van der Waals surface area contributed by atoms with Crippen molar-refractivity contribution in [3.8, 4) is 0 Å². The standard InChI is InChI=1S/C13H16BrNO3S/c1-9(2)10-7-13(16)15(8-10)19(17,18)12-6-4-3-5-11(12)14/h3-6,9-10H,7-8H2,1-2H3. The third-order valence-corrected chi connectivity index (χ3v) is 6.26. The van der Waals surface area contributed by atoms with Crippen molar-refractivity contribution >= 4 is 31.9 Å². The molecule has 104 valence electrons. The summed E-state index contributed by atoms with van der Waals surface area (Å²) in [7, 11) is -3.75. The van der Waals surface area contributed by atoms with Gasteiger partial charge >= 0.3 is 0 Å². The van der Waals surface area contributed by atoms with E-state index in [2.05, 4.69) is 15.9 Å². The van der Waals surface area contributed by atoms with Crippen LogP contribution < -0.4 is 0 Å². The Morgan fingerprint density at radius 2 is 1.95 bits per heavy atom. The number of benzene rings is 1. The van der Waals surface area contributed by atoms with Crippen LogP contribution in [0.1, 0.15) is 20.3 Å². The van der Waals surface area contributed by atoms with Gasteiger partial charge in [0.2, 0.25) is 5.91 Å². The lowest BCUT2D eigenvalue weighted by atomic mass is 9.95. The molecule has 1 aliphatic rings. The van der Waals surface area contributed by atoms with Gasteiger partial charge in [0, 0.05) is 17.4 Å². The summed E-state index contributed by atoms with van der Waals surface area (Å²) in [6.07, 6.45) is 0.307. The lowest BCUT2D eigenvalue weighted by molar-refractivity contribution is -0.123. The molecule has 0 saturated carbocycles. The van der Waals surface area contributed by atoms with E-state index in [4.69, 9.17) is 0 Å². The Balaban J connectivity index is 2.37. The van der Waals surface area contributed by atoms with Gasteiger partial charge in [-0.05, 0) is 39.9 Å². The number of hydrogen-bond acceptors (Lipinski definition) is 3. The molecule has 1 aromatic carbocycles. The van der Waals surface area contributed by atoms with Crippen LogP contribution in [0.2, 0.25) is 0 Å². The van der Waals surface area contributed by atoms with E-state index in [0.717, 1.165) is 4.31 Å². The zero-order chi connectivity index (χ0) is 14.2. The van der Waals surface area contributed by atoms with Crippen molar-refractivity contribution in [3.05, 3.63) is 28.7 Å². The molecule has 2 rings (SSSR count). The van der Waals surface area contributed by atoms with E-state index in [0.29, 0.717) is 16.8 Å². The fourth-order valence-corrected chi connectivity index (χ4v) is 4.59.